The van der Waals surface area contributed by atoms with Crippen molar-refractivity contribution in [1.29, 1.82) is 0 Å². The van der Waals surface area contributed by atoms with E-state index in [0.29, 0.717) is 30.1 Å². The third-order valence-electron chi connectivity index (χ3n) is 4.81. The largest absolute Gasteiger partial charge is 0.378 e. The van der Waals surface area contributed by atoms with Crippen molar-refractivity contribution in [3.05, 3.63) is 45.5 Å². The van der Waals surface area contributed by atoms with Crippen molar-refractivity contribution < 1.29 is 4.92 Å². The molecule has 8 heteroatoms. The molecule has 0 unspecified atom stereocenters. The van der Waals surface area contributed by atoms with Crippen molar-refractivity contribution in [2.45, 2.75) is 33.7 Å². The second kappa shape index (κ2) is 7.77. The molecule has 3 rings (SSSR count). The Hall–Kier alpha value is -2.90. The standard InChI is InChI=1S/C19H26N6O2/c1-12-4-6-15(7-5-12)9-21-19-22-17(20)16(25(26)27)18(23-19)24-10-13(2)8-14(3)11-24/h4-7,13-14H,8-11H2,1-3H3,(H3,20,21,22,23)/t13-,14-/m0/s1. The lowest BCUT2D eigenvalue weighted by Gasteiger charge is -2.35. The quantitative estimate of drug-likeness (QED) is 0.613. The molecule has 0 bridgehead atoms. The highest BCUT2D eigenvalue weighted by atomic mass is 16.6. The Bertz CT molecular complexity index is 814. The molecule has 1 aliphatic heterocycles. The van der Waals surface area contributed by atoms with Crippen molar-refractivity contribution in [3.8, 4) is 0 Å². The van der Waals surface area contributed by atoms with Gasteiger partial charge in [-0.15, -0.1) is 0 Å². The maximum atomic E-state index is 11.6. The van der Waals surface area contributed by atoms with Gasteiger partial charge >= 0.3 is 5.69 Å². The number of nitrogen functional groups attached to an aromatic ring is 1. The molecule has 1 aliphatic rings. The van der Waals surface area contributed by atoms with E-state index in [1.54, 1.807) is 0 Å². The number of aryl methyl sites for hydroxylation is 1. The van der Waals surface area contributed by atoms with Gasteiger partial charge in [-0.2, -0.15) is 9.97 Å². The molecule has 27 heavy (non-hydrogen) atoms. The summed E-state index contributed by atoms with van der Waals surface area (Å²) in [6, 6.07) is 8.10. The second-order valence-electron chi connectivity index (χ2n) is 7.55. The van der Waals surface area contributed by atoms with Crippen LogP contribution in [-0.2, 0) is 6.54 Å². The number of piperidine rings is 1. The zero-order chi connectivity index (χ0) is 19.6. The first-order chi connectivity index (χ1) is 12.8. The Labute approximate surface area is 159 Å². The van der Waals surface area contributed by atoms with Gasteiger partial charge in [-0.3, -0.25) is 10.1 Å². The van der Waals surface area contributed by atoms with Crippen LogP contribution in [0.4, 0.5) is 23.3 Å². The van der Waals surface area contributed by atoms with Gasteiger partial charge in [0.25, 0.3) is 0 Å². The topological polar surface area (TPSA) is 110 Å². The number of nitrogens with one attached hydrogen (secondary N) is 1. The molecule has 0 saturated carbocycles. The number of rotatable bonds is 5. The fourth-order valence-corrected chi connectivity index (χ4v) is 3.66. The van der Waals surface area contributed by atoms with Crippen LogP contribution < -0.4 is 16.0 Å². The van der Waals surface area contributed by atoms with Crippen LogP contribution in [0.2, 0.25) is 0 Å². The van der Waals surface area contributed by atoms with Gasteiger partial charge < -0.3 is 16.0 Å². The average Bonchev–Trinajstić information content (AvgIpc) is 2.59. The Kier molecular flexibility index (Phi) is 5.43. The van der Waals surface area contributed by atoms with Crippen LogP contribution in [0.15, 0.2) is 24.3 Å². The summed E-state index contributed by atoms with van der Waals surface area (Å²) in [5, 5.41) is 14.7. The molecule has 2 heterocycles. The highest BCUT2D eigenvalue weighted by Gasteiger charge is 2.31. The minimum Gasteiger partial charge on any atom is -0.378 e. The van der Waals surface area contributed by atoms with Gasteiger partial charge in [0.2, 0.25) is 17.6 Å². The lowest BCUT2D eigenvalue weighted by molar-refractivity contribution is -0.383. The van der Waals surface area contributed by atoms with Gasteiger partial charge in [-0.1, -0.05) is 43.7 Å². The summed E-state index contributed by atoms with van der Waals surface area (Å²) in [6.45, 7) is 8.29. The smallest absolute Gasteiger partial charge is 0.353 e. The molecule has 2 aromatic rings. The molecule has 144 valence electrons. The Morgan fingerprint density at radius 2 is 1.85 bits per heavy atom. The molecule has 1 saturated heterocycles. The Morgan fingerprint density at radius 1 is 1.22 bits per heavy atom. The summed E-state index contributed by atoms with van der Waals surface area (Å²) < 4.78 is 0. The number of nitrogens with zero attached hydrogens (tertiary/aromatic N) is 4. The molecule has 0 radical (unpaired) electrons. The minimum atomic E-state index is -0.488. The van der Waals surface area contributed by atoms with E-state index < -0.39 is 4.92 Å². The van der Waals surface area contributed by atoms with E-state index in [-0.39, 0.29) is 11.5 Å². The van der Waals surface area contributed by atoms with Crippen molar-refractivity contribution in [2.24, 2.45) is 11.8 Å². The van der Waals surface area contributed by atoms with E-state index in [4.69, 9.17) is 5.73 Å². The summed E-state index contributed by atoms with van der Waals surface area (Å²) >= 11 is 0. The van der Waals surface area contributed by atoms with E-state index >= 15 is 0 Å². The third kappa shape index (κ3) is 4.45. The van der Waals surface area contributed by atoms with Crippen molar-refractivity contribution >= 4 is 23.3 Å². The predicted molar refractivity (Wildman–Crippen MR) is 107 cm³/mol. The summed E-state index contributed by atoms with van der Waals surface area (Å²) in [6.07, 6.45) is 1.10. The number of nitro groups is 1. The Morgan fingerprint density at radius 3 is 2.44 bits per heavy atom. The predicted octanol–water partition coefficient (Wildman–Crippen LogP) is 3.37. The SMILES string of the molecule is Cc1ccc(CNc2nc(N)c([N+](=O)[O-])c(N3C[C@@H](C)C[C@H](C)C3)n2)cc1. The highest BCUT2D eigenvalue weighted by Crippen LogP contribution is 2.35. The highest BCUT2D eigenvalue weighted by molar-refractivity contribution is 5.71. The number of hydrogen-bond donors (Lipinski definition) is 2. The molecule has 1 aromatic carbocycles. The molecule has 0 amide bonds. The molecule has 0 aliphatic carbocycles. The first kappa shape index (κ1) is 18.9. The van der Waals surface area contributed by atoms with Crippen LogP contribution in [-0.4, -0.2) is 28.0 Å². The molecular formula is C19H26N6O2. The summed E-state index contributed by atoms with van der Waals surface area (Å²) in [5.41, 5.74) is 7.98. The molecular weight excluding hydrogens is 344 g/mol. The van der Waals surface area contributed by atoms with Crippen LogP contribution in [0.25, 0.3) is 0 Å². The summed E-state index contributed by atoms with van der Waals surface area (Å²) in [7, 11) is 0. The van der Waals surface area contributed by atoms with E-state index in [0.717, 1.165) is 25.1 Å². The van der Waals surface area contributed by atoms with E-state index in [2.05, 4.69) is 29.1 Å². The number of benzene rings is 1. The monoisotopic (exact) mass is 370 g/mol. The van der Waals surface area contributed by atoms with Crippen LogP contribution in [0.3, 0.4) is 0 Å². The van der Waals surface area contributed by atoms with E-state index in [9.17, 15) is 10.1 Å². The fraction of sp³-hybridized carbons (Fsp3) is 0.474. The first-order valence-corrected chi connectivity index (χ1v) is 9.19. The van der Waals surface area contributed by atoms with Gasteiger partial charge in [0.1, 0.15) is 0 Å². The molecule has 2 atom stereocenters. The zero-order valence-electron chi connectivity index (χ0n) is 16.0. The van der Waals surface area contributed by atoms with Gasteiger partial charge in [-0.25, -0.2) is 0 Å². The number of nitrogens with two attached hydrogens (primary N) is 1. The lowest BCUT2D eigenvalue weighted by atomic mass is 9.92. The zero-order valence-corrected chi connectivity index (χ0v) is 16.0. The molecule has 8 nitrogen and oxygen atoms in total. The number of anilines is 3. The van der Waals surface area contributed by atoms with Crippen molar-refractivity contribution in [2.75, 3.05) is 29.0 Å². The van der Waals surface area contributed by atoms with Gasteiger partial charge in [-0.05, 0) is 30.7 Å². The van der Waals surface area contributed by atoms with E-state index in [1.165, 1.54) is 5.56 Å². The molecule has 1 fully saturated rings. The second-order valence-corrected chi connectivity index (χ2v) is 7.55. The van der Waals surface area contributed by atoms with E-state index in [1.807, 2.05) is 36.1 Å². The van der Waals surface area contributed by atoms with Gasteiger partial charge in [0, 0.05) is 19.6 Å². The summed E-state index contributed by atoms with van der Waals surface area (Å²) in [4.78, 5) is 21.6. The van der Waals surface area contributed by atoms with Gasteiger partial charge in [0.05, 0.1) is 4.92 Å². The molecule has 1 aromatic heterocycles. The average molecular weight is 370 g/mol. The summed E-state index contributed by atoms with van der Waals surface area (Å²) in [5.74, 6) is 1.38. The van der Waals surface area contributed by atoms with Crippen LogP contribution in [0.1, 0.15) is 31.4 Å². The number of hydrogen-bond acceptors (Lipinski definition) is 7. The maximum absolute atomic E-state index is 11.6. The fourth-order valence-electron chi connectivity index (χ4n) is 3.66. The normalized spacial score (nSPS) is 19.7. The van der Waals surface area contributed by atoms with Crippen LogP contribution in [0.5, 0.6) is 0 Å². The lowest BCUT2D eigenvalue weighted by Crippen LogP contribution is -2.39. The minimum absolute atomic E-state index is 0.109. The van der Waals surface area contributed by atoms with Crippen molar-refractivity contribution in [1.82, 2.24) is 9.97 Å². The third-order valence-corrected chi connectivity index (χ3v) is 4.81. The van der Waals surface area contributed by atoms with Crippen LogP contribution in [0, 0.1) is 28.9 Å². The van der Waals surface area contributed by atoms with Gasteiger partial charge in [0.15, 0.2) is 0 Å². The molecule has 3 N–H and O–H groups in total. The number of aromatic nitrogens is 2. The first-order valence-electron chi connectivity index (χ1n) is 9.19. The molecule has 0 spiro atoms. The van der Waals surface area contributed by atoms with Crippen molar-refractivity contribution in [3.63, 3.8) is 0 Å². The van der Waals surface area contributed by atoms with Crippen LogP contribution >= 0.6 is 0 Å². The maximum Gasteiger partial charge on any atom is 0.353 e. The Balaban J connectivity index is 1.88.